The first kappa shape index (κ1) is 15.7. The Morgan fingerprint density at radius 2 is 2.24 bits per heavy atom. The number of benzene rings is 1. The summed E-state index contributed by atoms with van der Waals surface area (Å²) in [7, 11) is 0. The molecule has 21 heavy (non-hydrogen) atoms. The highest BCUT2D eigenvalue weighted by atomic mass is 35.5. The van der Waals surface area contributed by atoms with Crippen molar-refractivity contribution >= 4 is 12.4 Å². The molecule has 114 valence electrons. The van der Waals surface area contributed by atoms with Gasteiger partial charge in [-0.2, -0.15) is 4.98 Å². The first-order valence-corrected chi connectivity index (χ1v) is 6.71. The predicted molar refractivity (Wildman–Crippen MR) is 77.0 cm³/mol. The number of nitrogens with one attached hydrogen (secondary N) is 1. The molecule has 0 aliphatic carbocycles. The molecule has 0 saturated carbocycles. The maximum absolute atomic E-state index is 13.4. The third-order valence-corrected chi connectivity index (χ3v) is 3.33. The van der Waals surface area contributed by atoms with Gasteiger partial charge in [-0.25, -0.2) is 4.39 Å². The van der Waals surface area contributed by atoms with E-state index in [9.17, 15) is 4.39 Å². The van der Waals surface area contributed by atoms with E-state index in [1.54, 1.807) is 18.2 Å². The molecule has 1 unspecified atom stereocenters. The van der Waals surface area contributed by atoms with Crippen molar-refractivity contribution in [2.75, 3.05) is 13.1 Å². The number of halogens is 2. The van der Waals surface area contributed by atoms with Gasteiger partial charge in [0, 0.05) is 6.42 Å². The molecule has 1 aromatic carbocycles. The molecular weight excluding hydrogens is 297 g/mol. The van der Waals surface area contributed by atoms with Crippen LogP contribution in [0.3, 0.4) is 0 Å². The van der Waals surface area contributed by atoms with Crippen LogP contribution in [-0.2, 0) is 13.0 Å². The fourth-order valence-electron chi connectivity index (χ4n) is 2.27. The van der Waals surface area contributed by atoms with Crippen LogP contribution < -0.4 is 10.1 Å². The molecule has 2 heterocycles. The number of aromatic nitrogens is 2. The molecule has 0 spiro atoms. The number of nitrogens with zero attached hydrogens (tertiary/aromatic N) is 2. The van der Waals surface area contributed by atoms with Gasteiger partial charge >= 0.3 is 0 Å². The Morgan fingerprint density at radius 3 is 3.00 bits per heavy atom. The van der Waals surface area contributed by atoms with Crippen molar-refractivity contribution in [2.24, 2.45) is 5.92 Å². The fourth-order valence-corrected chi connectivity index (χ4v) is 2.27. The van der Waals surface area contributed by atoms with Crippen LogP contribution in [0.4, 0.5) is 4.39 Å². The van der Waals surface area contributed by atoms with Gasteiger partial charge in [0.2, 0.25) is 11.7 Å². The van der Waals surface area contributed by atoms with E-state index in [2.05, 4.69) is 15.5 Å². The van der Waals surface area contributed by atoms with Crippen molar-refractivity contribution in [1.82, 2.24) is 15.5 Å². The van der Waals surface area contributed by atoms with E-state index in [4.69, 9.17) is 9.26 Å². The zero-order valence-electron chi connectivity index (χ0n) is 11.4. The van der Waals surface area contributed by atoms with Gasteiger partial charge in [0.25, 0.3) is 0 Å². The summed E-state index contributed by atoms with van der Waals surface area (Å²) in [5.41, 5.74) is 0. The minimum Gasteiger partial charge on any atom is -0.482 e. The zero-order valence-corrected chi connectivity index (χ0v) is 12.2. The highest BCUT2D eigenvalue weighted by Gasteiger charge is 2.18. The van der Waals surface area contributed by atoms with E-state index in [1.165, 1.54) is 6.07 Å². The van der Waals surface area contributed by atoms with Crippen molar-refractivity contribution in [3.05, 3.63) is 41.8 Å². The van der Waals surface area contributed by atoms with E-state index in [1.807, 2.05) is 0 Å². The van der Waals surface area contributed by atoms with Crippen LogP contribution in [0.1, 0.15) is 18.1 Å². The van der Waals surface area contributed by atoms with Gasteiger partial charge in [-0.3, -0.25) is 0 Å². The van der Waals surface area contributed by atoms with Gasteiger partial charge in [-0.15, -0.1) is 12.4 Å². The van der Waals surface area contributed by atoms with E-state index >= 15 is 0 Å². The quantitative estimate of drug-likeness (QED) is 0.918. The Labute approximate surface area is 128 Å². The number of para-hydroxylation sites is 1. The second-order valence-corrected chi connectivity index (χ2v) is 4.89. The zero-order chi connectivity index (χ0) is 13.8. The van der Waals surface area contributed by atoms with Gasteiger partial charge in [0.15, 0.2) is 18.2 Å². The summed E-state index contributed by atoms with van der Waals surface area (Å²) in [4.78, 5) is 4.27. The molecule has 0 amide bonds. The summed E-state index contributed by atoms with van der Waals surface area (Å²) in [5, 5.41) is 7.15. The lowest BCUT2D eigenvalue weighted by atomic mass is 10.1. The van der Waals surface area contributed by atoms with Crippen LogP contribution in [0.5, 0.6) is 5.75 Å². The molecule has 3 rings (SSSR count). The second kappa shape index (κ2) is 7.38. The SMILES string of the molecule is Cl.Fc1ccccc1OCc1noc(CC2CCNC2)n1. The van der Waals surface area contributed by atoms with Gasteiger partial charge in [-0.1, -0.05) is 17.3 Å². The minimum absolute atomic E-state index is 0. The molecule has 1 N–H and O–H groups in total. The van der Waals surface area contributed by atoms with Crippen LogP contribution in [-0.4, -0.2) is 23.2 Å². The lowest BCUT2D eigenvalue weighted by molar-refractivity contribution is 0.272. The van der Waals surface area contributed by atoms with E-state index < -0.39 is 5.82 Å². The predicted octanol–water partition coefficient (Wildman–Crippen LogP) is 2.36. The molecule has 0 radical (unpaired) electrons. The average molecular weight is 314 g/mol. The Bertz CT molecular complexity index is 573. The normalized spacial score (nSPS) is 17.5. The number of ether oxygens (including phenoxy) is 1. The molecular formula is C14H17ClFN3O2. The maximum Gasteiger partial charge on any atom is 0.227 e. The average Bonchev–Trinajstić information content (AvgIpc) is 3.10. The minimum atomic E-state index is -0.395. The summed E-state index contributed by atoms with van der Waals surface area (Å²) in [5.74, 6) is 1.41. The largest absolute Gasteiger partial charge is 0.482 e. The van der Waals surface area contributed by atoms with Crippen LogP contribution in [0.25, 0.3) is 0 Å². The Morgan fingerprint density at radius 1 is 1.38 bits per heavy atom. The van der Waals surface area contributed by atoms with E-state index in [0.29, 0.717) is 17.6 Å². The number of hydrogen-bond donors (Lipinski definition) is 1. The third-order valence-electron chi connectivity index (χ3n) is 3.33. The van der Waals surface area contributed by atoms with Crippen LogP contribution in [0.15, 0.2) is 28.8 Å². The highest BCUT2D eigenvalue weighted by Crippen LogP contribution is 2.17. The molecule has 5 nitrogen and oxygen atoms in total. The Balaban J connectivity index is 0.00000161. The van der Waals surface area contributed by atoms with Gasteiger partial charge in [0.1, 0.15) is 0 Å². The lowest BCUT2D eigenvalue weighted by Gasteiger charge is -2.03. The lowest BCUT2D eigenvalue weighted by Crippen LogP contribution is -2.11. The van der Waals surface area contributed by atoms with Crippen LogP contribution in [0, 0.1) is 11.7 Å². The van der Waals surface area contributed by atoms with Crippen molar-refractivity contribution < 1.29 is 13.7 Å². The molecule has 1 aliphatic heterocycles. The summed E-state index contributed by atoms with van der Waals surface area (Å²) >= 11 is 0. The van der Waals surface area contributed by atoms with Crippen molar-refractivity contribution in [2.45, 2.75) is 19.4 Å². The Kier molecular flexibility index (Phi) is 5.52. The van der Waals surface area contributed by atoms with E-state index in [-0.39, 0.29) is 24.8 Å². The highest BCUT2D eigenvalue weighted by molar-refractivity contribution is 5.85. The van der Waals surface area contributed by atoms with Crippen molar-refractivity contribution in [3.8, 4) is 5.75 Å². The van der Waals surface area contributed by atoms with Gasteiger partial charge in [0.05, 0.1) is 0 Å². The van der Waals surface area contributed by atoms with Crippen molar-refractivity contribution in [3.63, 3.8) is 0 Å². The standard InChI is InChI=1S/C14H16FN3O2.ClH/c15-11-3-1-2-4-12(11)19-9-13-17-14(20-18-13)7-10-5-6-16-8-10;/h1-4,10,16H,5-9H2;1H. The summed E-state index contributed by atoms with van der Waals surface area (Å²) in [6.45, 7) is 2.14. The van der Waals surface area contributed by atoms with Crippen LogP contribution >= 0.6 is 12.4 Å². The van der Waals surface area contributed by atoms with Gasteiger partial charge in [-0.05, 0) is 37.6 Å². The molecule has 1 fully saturated rings. The Hall–Kier alpha value is -1.66. The summed E-state index contributed by atoms with van der Waals surface area (Å²) < 4.78 is 23.9. The second-order valence-electron chi connectivity index (χ2n) is 4.89. The smallest absolute Gasteiger partial charge is 0.227 e. The molecule has 1 aromatic heterocycles. The number of hydrogen-bond acceptors (Lipinski definition) is 5. The first-order chi connectivity index (χ1) is 9.81. The summed E-state index contributed by atoms with van der Waals surface area (Å²) in [6, 6.07) is 6.25. The maximum atomic E-state index is 13.4. The third kappa shape index (κ3) is 4.15. The molecule has 1 atom stereocenters. The van der Waals surface area contributed by atoms with E-state index in [0.717, 1.165) is 25.9 Å². The molecule has 1 aliphatic rings. The molecule has 7 heteroatoms. The molecule has 1 saturated heterocycles. The monoisotopic (exact) mass is 313 g/mol. The molecule has 0 bridgehead atoms. The fraction of sp³-hybridized carbons (Fsp3) is 0.429. The first-order valence-electron chi connectivity index (χ1n) is 6.71. The van der Waals surface area contributed by atoms with Crippen molar-refractivity contribution in [1.29, 1.82) is 0 Å². The molecule has 2 aromatic rings. The summed E-state index contributed by atoms with van der Waals surface area (Å²) in [6.07, 6.45) is 1.91. The van der Waals surface area contributed by atoms with Gasteiger partial charge < -0.3 is 14.6 Å². The van der Waals surface area contributed by atoms with Crippen LogP contribution in [0.2, 0.25) is 0 Å². The number of rotatable bonds is 5. The topological polar surface area (TPSA) is 60.2 Å².